The van der Waals surface area contributed by atoms with Gasteiger partial charge >= 0.3 is 0 Å². The normalized spacial score (nSPS) is 16.9. The third kappa shape index (κ3) is 3.12. The Morgan fingerprint density at radius 2 is 1.88 bits per heavy atom. The average molecular weight is 234 g/mol. The number of nitrogen functional groups attached to an aromatic ring is 1. The van der Waals surface area contributed by atoms with Crippen molar-refractivity contribution in [2.24, 2.45) is 0 Å². The topological polar surface area (TPSA) is 55.6 Å². The van der Waals surface area contributed by atoms with Crippen molar-refractivity contribution in [1.29, 1.82) is 0 Å². The molecule has 1 heterocycles. The number of piperidine rings is 1. The molecule has 1 fully saturated rings. The molecule has 2 rings (SSSR count). The number of likely N-dealkylation sites (tertiary alicyclic amines) is 1. The molecule has 1 saturated heterocycles. The van der Waals surface area contributed by atoms with Gasteiger partial charge in [0.1, 0.15) is 11.9 Å². The zero-order valence-corrected chi connectivity index (χ0v) is 10.1. The van der Waals surface area contributed by atoms with Crippen molar-refractivity contribution in [1.82, 2.24) is 4.90 Å². The Bertz CT molecular complexity index is 381. The minimum Gasteiger partial charge on any atom is -0.490 e. The van der Waals surface area contributed by atoms with E-state index in [1.807, 2.05) is 29.2 Å². The quantitative estimate of drug-likeness (QED) is 0.792. The van der Waals surface area contributed by atoms with Gasteiger partial charge in [-0.25, -0.2) is 0 Å². The number of carbonyl (C=O) groups excluding carboxylic acids is 1. The largest absolute Gasteiger partial charge is 0.490 e. The van der Waals surface area contributed by atoms with Gasteiger partial charge in [0.2, 0.25) is 5.91 Å². The number of hydrogen-bond acceptors (Lipinski definition) is 3. The first-order valence-electron chi connectivity index (χ1n) is 5.93. The molecule has 0 atom stereocenters. The first kappa shape index (κ1) is 11.8. The SMILES string of the molecule is CC(=O)N1CCC(Oc2ccc(N)cc2)CC1. The number of carbonyl (C=O) groups is 1. The first-order valence-corrected chi connectivity index (χ1v) is 5.93. The van der Waals surface area contributed by atoms with Crippen LogP contribution in [-0.2, 0) is 4.79 Å². The van der Waals surface area contributed by atoms with E-state index in [4.69, 9.17) is 10.5 Å². The maximum Gasteiger partial charge on any atom is 0.219 e. The summed E-state index contributed by atoms with van der Waals surface area (Å²) < 4.78 is 5.84. The highest BCUT2D eigenvalue weighted by Crippen LogP contribution is 2.20. The van der Waals surface area contributed by atoms with Crippen LogP contribution in [0.3, 0.4) is 0 Å². The predicted molar refractivity (Wildman–Crippen MR) is 66.8 cm³/mol. The minimum absolute atomic E-state index is 0.149. The Morgan fingerprint density at radius 3 is 2.41 bits per heavy atom. The van der Waals surface area contributed by atoms with Gasteiger partial charge in [-0.05, 0) is 24.3 Å². The highest BCUT2D eigenvalue weighted by Gasteiger charge is 2.21. The average Bonchev–Trinajstić information content (AvgIpc) is 2.33. The molecule has 1 aromatic rings. The van der Waals surface area contributed by atoms with Crippen molar-refractivity contribution in [3.05, 3.63) is 24.3 Å². The molecular weight excluding hydrogens is 216 g/mol. The molecule has 1 aromatic carbocycles. The summed E-state index contributed by atoms with van der Waals surface area (Å²) in [5, 5.41) is 0. The van der Waals surface area contributed by atoms with Crippen LogP contribution in [0.25, 0.3) is 0 Å². The second-order valence-corrected chi connectivity index (χ2v) is 4.39. The number of hydrogen-bond donors (Lipinski definition) is 1. The molecule has 0 radical (unpaired) electrons. The van der Waals surface area contributed by atoms with E-state index in [0.29, 0.717) is 0 Å². The molecule has 2 N–H and O–H groups in total. The number of anilines is 1. The van der Waals surface area contributed by atoms with E-state index < -0.39 is 0 Å². The van der Waals surface area contributed by atoms with Gasteiger partial charge in [0, 0.05) is 38.5 Å². The molecule has 0 bridgehead atoms. The first-order chi connectivity index (χ1) is 8.15. The lowest BCUT2D eigenvalue weighted by atomic mass is 10.1. The third-order valence-corrected chi connectivity index (χ3v) is 3.07. The van der Waals surface area contributed by atoms with E-state index in [-0.39, 0.29) is 12.0 Å². The van der Waals surface area contributed by atoms with Gasteiger partial charge in [-0.1, -0.05) is 0 Å². The Balaban J connectivity index is 1.85. The van der Waals surface area contributed by atoms with Gasteiger partial charge in [0.25, 0.3) is 0 Å². The molecule has 0 saturated carbocycles. The molecule has 1 aliphatic rings. The minimum atomic E-state index is 0.149. The Morgan fingerprint density at radius 1 is 1.29 bits per heavy atom. The Hall–Kier alpha value is -1.71. The summed E-state index contributed by atoms with van der Waals surface area (Å²) in [6.45, 7) is 3.19. The number of amides is 1. The van der Waals surface area contributed by atoms with Crippen LogP contribution in [0.5, 0.6) is 5.75 Å². The smallest absolute Gasteiger partial charge is 0.219 e. The van der Waals surface area contributed by atoms with Gasteiger partial charge in [0.15, 0.2) is 0 Å². The van der Waals surface area contributed by atoms with Crippen LogP contribution in [0.4, 0.5) is 5.69 Å². The van der Waals surface area contributed by atoms with E-state index in [1.54, 1.807) is 6.92 Å². The molecule has 0 aromatic heterocycles. The van der Waals surface area contributed by atoms with Crippen molar-refractivity contribution in [2.75, 3.05) is 18.8 Å². The second-order valence-electron chi connectivity index (χ2n) is 4.39. The van der Waals surface area contributed by atoms with Crippen LogP contribution < -0.4 is 10.5 Å². The van der Waals surface area contributed by atoms with Crippen LogP contribution in [0.2, 0.25) is 0 Å². The number of ether oxygens (including phenoxy) is 1. The lowest BCUT2D eigenvalue weighted by Crippen LogP contribution is -2.40. The van der Waals surface area contributed by atoms with Gasteiger partial charge in [-0.2, -0.15) is 0 Å². The molecule has 4 heteroatoms. The van der Waals surface area contributed by atoms with Gasteiger partial charge < -0.3 is 15.4 Å². The molecule has 0 spiro atoms. The summed E-state index contributed by atoms with van der Waals surface area (Å²) in [4.78, 5) is 13.0. The highest BCUT2D eigenvalue weighted by molar-refractivity contribution is 5.73. The van der Waals surface area contributed by atoms with E-state index in [1.165, 1.54) is 0 Å². The Kier molecular flexibility index (Phi) is 3.52. The predicted octanol–water partition coefficient (Wildman–Crippen LogP) is 1.66. The van der Waals surface area contributed by atoms with Crippen molar-refractivity contribution >= 4 is 11.6 Å². The summed E-state index contributed by atoms with van der Waals surface area (Å²) in [6.07, 6.45) is 1.99. The van der Waals surface area contributed by atoms with Gasteiger partial charge in [0.05, 0.1) is 0 Å². The lowest BCUT2D eigenvalue weighted by Gasteiger charge is -2.31. The fourth-order valence-corrected chi connectivity index (χ4v) is 2.03. The summed E-state index contributed by atoms with van der Waals surface area (Å²) >= 11 is 0. The number of benzene rings is 1. The van der Waals surface area contributed by atoms with Crippen molar-refractivity contribution < 1.29 is 9.53 Å². The lowest BCUT2D eigenvalue weighted by molar-refractivity contribution is -0.130. The number of nitrogens with two attached hydrogens (primary N) is 1. The van der Waals surface area contributed by atoms with Crippen molar-refractivity contribution in [2.45, 2.75) is 25.9 Å². The fourth-order valence-electron chi connectivity index (χ4n) is 2.03. The van der Waals surface area contributed by atoms with Crippen LogP contribution in [0.15, 0.2) is 24.3 Å². The van der Waals surface area contributed by atoms with Gasteiger partial charge in [-0.15, -0.1) is 0 Å². The summed E-state index contributed by atoms with van der Waals surface area (Å²) in [6, 6.07) is 7.43. The van der Waals surface area contributed by atoms with E-state index >= 15 is 0 Å². The fraction of sp³-hybridized carbons (Fsp3) is 0.462. The summed E-state index contributed by atoms with van der Waals surface area (Å²) in [5.74, 6) is 0.997. The Labute approximate surface area is 101 Å². The van der Waals surface area contributed by atoms with Crippen LogP contribution in [0.1, 0.15) is 19.8 Å². The molecule has 92 valence electrons. The van der Waals surface area contributed by atoms with E-state index in [2.05, 4.69) is 0 Å². The summed E-state index contributed by atoms with van der Waals surface area (Å²) in [7, 11) is 0. The molecule has 4 nitrogen and oxygen atoms in total. The molecule has 1 amide bonds. The van der Waals surface area contributed by atoms with Crippen LogP contribution in [-0.4, -0.2) is 30.0 Å². The van der Waals surface area contributed by atoms with Crippen LogP contribution in [0, 0.1) is 0 Å². The third-order valence-electron chi connectivity index (χ3n) is 3.07. The molecule has 1 aliphatic heterocycles. The van der Waals surface area contributed by atoms with Crippen molar-refractivity contribution in [3.63, 3.8) is 0 Å². The molecule has 0 aliphatic carbocycles. The number of nitrogens with zero attached hydrogens (tertiary/aromatic N) is 1. The van der Waals surface area contributed by atoms with Crippen molar-refractivity contribution in [3.8, 4) is 5.75 Å². The van der Waals surface area contributed by atoms with Crippen LogP contribution >= 0.6 is 0 Å². The number of rotatable bonds is 2. The van der Waals surface area contributed by atoms with Gasteiger partial charge in [-0.3, -0.25) is 4.79 Å². The van der Waals surface area contributed by atoms with E-state index in [0.717, 1.165) is 37.4 Å². The molecular formula is C13H18N2O2. The highest BCUT2D eigenvalue weighted by atomic mass is 16.5. The molecule has 17 heavy (non-hydrogen) atoms. The molecule has 0 unspecified atom stereocenters. The monoisotopic (exact) mass is 234 g/mol. The zero-order valence-electron chi connectivity index (χ0n) is 10.1. The zero-order chi connectivity index (χ0) is 12.3. The summed E-state index contributed by atoms with van der Waals surface area (Å²) in [5.41, 5.74) is 6.35. The maximum absolute atomic E-state index is 11.2. The maximum atomic E-state index is 11.2. The van der Waals surface area contributed by atoms with E-state index in [9.17, 15) is 4.79 Å². The standard InChI is InChI=1S/C13H18N2O2/c1-10(16)15-8-6-13(7-9-15)17-12-4-2-11(14)3-5-12/h2-5,13H,6-9,14H2,1H3. The second kappa shape index (κ2) is 5.08.